The van der Waals surface area contributed by atoms with E-state index in [9.17, 15) is 4.79 Å². The Morgan fingerprint density at radius 2 is 1.84 bits per heavy atom. The number of piperidine rings is 2. The smallest absolute Gasteiger partial charge is 0.254 e. The summed E-state index contributed by atoms with van der Waals surface area (Å²) in [5.41, 5.74) is 3.71. The SMILES string of the molecule is Cc1ccc(NC2CC3CCC2N(C(=O)c2ccc(C)cc2-c2ncccn2)C3)nc1. The van der Waals surface area contributed by atoms with Crippen LogP contribution in [-0.4, -0.2) is 44.4 Å². The summed E-state index contributed by atoms with van der Waals surface area (Å²) < 4.78 is 0. The molecule has 4 heterocycles. The number of pyridine rings is 1. The molecule has 1 aromatic carbocycles. The molecule has 2 aromatic heterocycles. The van der Waals surface area contributed by atoms with E-state index in [0.29, 0.717) is 17.3 Å². The molecule has 0 spiro atoms. The molecular formula is C25H27N5O. The van der Waals surface area contributed by atoms with E-state index < -0.39 is 0 Å². The number of anilines is 1. The van der Waals surface area contributed by atoms with Gasteiger partial charge < -0.3 is 10.2 Å². The molecule has 158 valence electrons. The molecule has 6 heteroatoms. The molecule has 1 saturated carbocycles. The van der Waals surface area contributed by atoms with E-state index in [4.69, 9.17) is 0 Å². The van der Waals surface area contributed by atoms with Crippen LogP contribution in [0.4, 0.5) is 5.82 Å². The van der Waals surface area contributed by atoms with Crippen molar-refractivity contribution in [3.63, 3.8) is 0 Å². The molecule has 1 aliphatic carbocycles. The monoisotopic (exact) mass is 413 g/mol. The lowest BCUT2D eigenvalue weighted by molar-refractivity contribution is 0.0282. The van der Waals surface area contributed by atoms with Crippen LogP contribution in [0.3, 0.4) is 0 Å². The van der Waals surface area contributed by atoms with Gasteiger partial charge in [0.2, 0.25) is 0 Å². The maximum absolute atomic E-state index is 13.8. The third-order valence-electron chi connectivity index (χ3n) is 6.50. The van der Waals surface area contributed by atoms with E-state index in [-0.39, 0.29) is 18.0 Å². The van der Waals surface area contributed by atoms with Crippen LogP contribution in [0.15, 0.2) is 55.0 Å². The fraction of sp³-hybridized carbons (Fsp3) is 0.360. The Labute approximate surface area is 182 Å². The van der Waals surface area contributed by atoms with Crippen LogP contribution in [0.1, 0.15) is 40.7 Å². The first-order valence-electron chi connectivity index (χ1n) is 11.0. The highest BCUT2D eigenvalue weighted by Crippen LogP contribution is 2.38. The van der Waals surface area contributed by atoms with Crippen molar-refractivity contribution in [1.82, 2.24) is 19.9 Å². The van der Waals surface area contributed by atoms with Crippen LogP contribution >= 0.6 is 0 Å². The Kier molecular flexibility index (Phi) is 5.14. The Balaban J connectivity index is 1.44. The number of carbonyl (C=O) groups excluding carboxylic acids is 1. The lowest BCUT2D eigenvalue weighted by atomic mass is 9.76. The van der Waals surface area contributed by atoms with Gasteiger partial charge in [-0.3, -0.25) is 4.79 Å². The normalized spacial score (nSPS) is 22.4. The quantitative estimate of drug-likeness (QED) is 0.692. The molecule has 2 saturated heterocycles. The molecular weight excluding hydrogens is 386 g/mol. The number of benzene rings is 1. The van der Waals surface area contributed by atoms with Crippen LogP contribution < -0.4 is 5.32 Å². The van der Waals surface area contributed by atoms with Crippen molar-refractivity contribution in [3.05, 3.63) is 71.7 Å². The molecule has 31 heavy (non-hydrogen) atoms. The first-order valence-corrected chi connectivity index (χ1v) is 11.0. The number of carbonyl (C=O) groups is 1. The molecule has 6 nitrogen and oxygen atoms in total. The molecule has 1 amide bonds. The van der Waals surface area contributed by atoms with Gasteiger partial charge in [0.1, 0.15) is 5.82 Å². The number of nitrogens with zero attached hydrogens (tertiary/aromatic N) is 4. The van der Waals surface area contributed by atoms with Gasteiger partial charge in [0, 0.05) is 36.7 Å². The topological polar surface area (TPSA) is 71.0 Å². The summed E-state index contributed by atoms with van der Waals surface area (Å²) in [6.07, 6.45) is 8.59. The number of hydrogen-bond donors (Lipinski definition) is 1. The van der Waals surface area contributed by atoms with Crippen molar-refractivity contribution in [1.29, 1.82) is 0 Å². The van der Waals surface area contributed by atoms with Gasteiger partial charge in [0.05, 0.1) is 11.6 Å². The van der Waals surface area contributed by atoms with Crippen LogP contribution in [0.2, 0.25) is 0 Å². The molecule has 3 unspecified atom stereocenters. The highest BCUT2D eigenvalue weighted by molar-refractivity contribution is 6.00. The zero-order valence-corrected chi connectivity index (χ0v) is 18.0. The fourth-order valence-electron chi connectivity index (χ4n) is 4.95. The third-order valence-corrected chi connectivity index (χ3v) is 6.50. The standard InChI is InChI=1S/C25H27N5O/c1-16-4-7-19(20(12-16)24-26-10-3-11-27-24)25(31)30-15-18-6-8-22(30)21(13-18)29-23-9-5-17(2)14-28-23/h3-5,7,9-12,14,18,21-22H,6,8,13,15H2,1-2H3,(H,28,29). The first kappa shape index (κ1) is 19.7. The Morgan fingerprint density at radius 1 is 1.03 bits per heavy atom. The van der Waals surface area contributed by atoms with Gasteiger partial charge in [0.25, 0.3) is 5.91 Å². The first-order chi connectivity index (χ1) is 15.1. The van der Waals surface area contributed by atoms with Crippen molar-refractivity contribution in [2.75, 3.05) is 11.9 Å². The van der Waals surface area contributed by atoms with Crippen LogP contribution in [0.5, 0.6) is 0 Å². The Morgan fingerprint density at radius 3 is 2.58 bits per heavy atom. The minimum absolute atomic E-state index is 0.0699. The summed E-state index contributed by atoms with van der Waals surface area (Å²) in [5.74, 6) is 2.05. The molecule has 3 aliphatic rings. The highest BCUT2D eigenvalue weighted by Gasteiger charge is 2.43. The number of fused-ring (bicyclic) bond motifs is 3. The summed E-state index contributed by atoms with van der Waals surface area (Å²) in [6.45, 7) is 4.87. The lowest BCUT2D eigenvalue weighted by Crippen LogP contribution is -2.59. The zero-order valence-electron chi connectivity index (χ0n) is 18.0. The van der Waals surface area contributed by atoms with Gasteiger partial charge in [-0.05, 0) is 68.9 Å². The molecule has 3 aromatic rings. The van der Waals surface area contributed by atoms with Crippen molar-refractivity contribution >= 4 is 11.7 Å². The van der Waals surface area contributed by atoms with Crippen molar-refractivity contribution in [2.45, 2.75) is 45.2 Å². The second-order valence-corrected chi connectivity index (χ2v) is 8.80. The third kappa shape index (κ3) is 3.90. The maximum atomic E-state index is 13.8. The summed E-state index contributed by atoms with van der Waals surface area (Å²) in [6, 6.07) is 12.2. The fourth-order valence-corrected chi connectivity index (χ4v) is 4.95. The number of rotatable bonds is 4. The number of nitrogens with one attached hydrogen (secondary N) is 1. The summed E-state index contributed by atoms with van der Waals surface area (Å²) in [5, 5.41) is 3.60. The predicted molar refractivity (Wildman–Crippen MR) is 121 cm³/mol. The van der Waals surface area contributed by atoms with Crippen molar-refractivity contribution < 1.29 is 4.79 Å². The molecule has 0 radical (unpaired) electrons. The number of aryl methyl sites for hydroxylation is 2. The van der Waals surface area contributed by atoms with E-state index in [1.165, 1.54) is 6.42 Å². The minimum atomic E-state index is 0.0699. The highest BCUT2D eigenvalue weighted by atomic mass is 16.2. The molecule has 2 aliphatic heterocycles. The van der Waals surface area contributed by atoms with Gasteiger partial charge >= 0.3 is 0 Å². The second kappa shape index (κ2) is 8.10. The summed E-state index contributed by atoms with van der Waals surface area (Å²) >= 11 is 0. The summed E-state index contributed by atoms with van der Waals surface area (Å²) in [4.78, 5) is 29.2. The van der Waals surface area contributed by atoms with Crippen molar-refractivity contribution in [3.8, 4) is 11.4 Å². The van der Waals surface area contributed by atoms with Gasteiger partial charge in [-0.2, -0.15) is 0 Å². The number of amides is 1. The largest absolute Gasteiger partial charge is 0.365 e. The number of aromatic nitrogens is 3. The van der Waals surface area contributed by atoms with Crippen molar-refractivity contribution in [2.24, 2.45) is 5.92 Å². The second-order valence-electron chi connectivity index (χ2n) is 8.80. The van der Waals surface area contributed by atoms with Gasteiger partial charge in [-0.15, -0.1) is 0 Å². The zero-order chi connectivity index (χ0) is 21.4. The van der Waals surface area contributed by atoms with E-state index in [1.807, 2.05) is 44.3 Å². The molecule has 1 N–H and O–H groups in total. The van der Waals surface area contributed by atoms with Crippen LogP contribution in [0, 0.1) is 19.8 Å². The molecule has 6 rings (SSSR count). The average molecular weight is 414 g/mol. The minimum Gasteiger partial charge on any atom is -0.365 e. The lowest BCUT2D eigenvalue weighted by Gasteiger charge is -2.50. The van der Waals surface area contributed by atoms with E-state index in [1.54, 1.807) is 18.5 Å². The van der Waals surface area contributed by atoms with Gasteiger partial charge in [-0.1, -0.05) is 17.7 Å². The van der Waals surface area contributed by atoms with Gasteiger partial charge in [0.15, 0.2) is 5.82 Å². The molecule has 2 bridgehead atoms. The molecule has 3 fully saturated rings. The molecule has 3 atom stereocenters. The van der Waals surface area contributed by atoms with Crippen LogP contribution in [-0.2, 0) is 0 Å². The van der Waals surface area contributed by atoms with E-state index in [2.05, 4.69) is 31.2 Å². The number of hydrogen-bond acceptors (Lipinski definition) is 5. The predicted octanol–water partition coefficient (Wildman–Crippen LogP) is 4.26. The summed E-state index contributed by atoms with van der Waals surface area (Å²) in [7, 11) is 0. The van der Waals surface area contributed by atoms with Crippen LogP contribution in [0.25, 0.3) is 11.4 Å². The average Bonchev–Trinajstić information content (AvgIpc) is 2.81. The van der Waals surface area contributed by atoms with E-state index in [0.717, 1.165) is 41.9 Å². The van der Waals surface area contributed by atoms with Gasteiger partial charge in [-0.25, -0.2) is 15.0 Å². The maximum Gasteiger partial charge on any atom is 0.254 e. The Bertz CT molecular complexity index is 1080. The Hall–Kier alpha value is -3.28. The van der Waals surface area contributed by atoms with E-state index >= 15 is 0 Å².